The molecule has 1 atom stereocenters. The third-order valence-electron chi connectivity index (χ3n) is 7.62. The van der Waals surface area contributed by atoms with Gasteiger partial charge in [-0.2, -0.15) is 17.6 Å². The predicted octanol–water partition coefficient (Wildman–Crippen LogP) is 8.04. The smallest absolute Gasteiger partial charge is 0.387 e. The van der Waals surface area contributed by atoms with Crippen molar-refractivity contribution >= 4 is 0 Å². The zero-order valence-corrected chi connectivity index (χ0v) is 26.1. The van der Waals surface area contributed by atoms with Crippen LogP contribution < -0.4 is 18.8 Å². The molecule has 44 heavy (non-hydrogen) atoms. The molecular formula is C34H40F4N3O3+. The third kappa shape index (κ3) is 8.67. The summed E-state index contributed by atoms with van der Waals surface area (Å²) in [5.74, 6) is -0.920. The first-order valence-electron chi connectivity index (χ1n) is 14.4. The highest BCUT2D eigenvalue weighted by atomic mass is 19.3. The minimum absolute atomic E-state index is 0.377. The molecule has 3 heterocycles. The van der Waals surface area contributed by atoms with E-state index in [0.29, 0.717) is 17.9 Å². The lowest BCUT2D eigenvalue weighted by molar-refractivity contribution is -0.671. The van der Waals surface area contributed by atoms with Gasteiger partial charge >= 0.3 is 13.2 Å². The Hall–Kier alpha value is -4.21. The van der Waals surface area contributed by atoms with E-state index >= 15 is 0 Å². The Kier molecular flexibility index (Phi) is 11.7. The molecule has 0 aliphatic heterocycles. The number of pyridine rings is 3. The number of aryl methyl sites for hydroxylation is 1. The Morgan fingerprint density at radius 1 is 0.773 bits per heavy atom. The summed E-state index contributed by atoms with van der Waals surface area (Å²) in [5, 5.41) is 0. The Bertz CT molecular complexity index is 1450. The van der Waals surface area contributed by atoms with E-state index in [1.165, 1.54) is 12.1 Å². The molecule has 0 spiro atoms. The van der Waals surface area contributed by atoms with Gasteiger partial charge in [0.1, 0.15) is 12.6 Å². The predicted molar refractivity (Wildman–Crippen MR) is 160 cm³/mol. The second kappa shape index (κ2) is 15.0. The number of nitrogens with zero attached hydrogens (tertiary/aromatic N) is 3. The molecule has 1 unspecified atom stereocenters. The summed E-state index contributed by atoms with van der Waals surface area (Å²) in [7, 11) is 1.90. The fraction of sp³-hybridized carbons (Fsp3) is 0.382. The number of benzene rings is 1. The van der Waals surface area contributed by atoms with Gasteiger partial charge in [0.05, 0.1) is 0 Å². The van der Waals surface area contributed by atoms with Crippen LogP contribution in [0.1, 0.15) is 69.8 Å². The Balaban J connectivity index is 0.00000259. The Labute approximate surface area is 256 Å². The summed E-state index contributed by atoms with van der Waals surface area (Å²) in [6.45, 7) is 5.65. The van der Waals surface area contributed by atoms with Crippen molar-refractivity contribution in [2.45, 2.75) is 78.1 Å². The summed E-state index contributed by atoms with van der Waals surface area (Å²) in [6.07, 6.45) is 7.70. The molecule has 3 aromatic heterocycles. The highest BCUT2D eigenvalue weighted by molar-refractivity contribution is 5.47. The van der Waals surface area contributed by atoms with Crippen LogP contribution in [0.5, 0.6) is 17.4 Å². The molecule has 10 heteroatoms. The summed E-state index contributed by atoms with van der Waals surface area (Å²) in [5.41, 5.74) is 2.04. The van der Waals surface area contributed by atoms with Crippen molar-refractivity contribution in [3.8, 4) is 17.4 Å². The van der Waals surface area contributed by atoms with E-state index in [-0.39, 0.29) is 5.92 Å². The maximum absolute atomic E-state index is 13.2. The van der Waals surface area contributed by atoms with Crippen molar-refractivity contribution in [2.75, 3.05) is 0 Å². The largest absolute Gasteiger partial charge is 0.471 e. The minimum Gasteiger partial charge on any atom is -0.471 e. The zero-order chi connectivity index (χ0) is 32.5. The van der Waals surface area contributed by atoms with Crippen LogP contribution in [0.25, 0.3) is 0 Å². The quantitative estimate of drug-likeness (QED) is 0.119. The van der Waals surface area contributed by atoms with Crippen LogP contribution in [0.3, 0.4) is 0 Å². The average Bonchev–Trinajstić information content (AvgIpc) is 2.99. The van der Waals surface area contributed by atoms with Crippen LogP contribution >= 0.6 is 0 Å². The Morgan fingerprint density at radius 3 is 1.98 bits per heavy atom. The molecule has 4 aromatic rings. The number of hydrogen-bond acceptors (Lipinski definition) is 5. The summed E-state index contributed by atoms with van der Waals surface area (Å²) >= 11 is 0. The van der Waals surface area contributed by atoms with Gasteiger partial charge in [0.15, 0.2) is 23.9 Å². The molecule has 6 nitrogen and oxygen atoms in total. The average molecular weight is 615 g/mol. The maximum Gasteiger partial charge on any atom is 0.387 e. The highest BCUT2D eigenvalue weighted by Crippen LogP contribution is 2.39. The van der Waals surface area contributed by atoms with Crippen LogP contribution in [-0.4, -0.2) is 28.8 Å². The minimum atomic E-state index is -3.22. The van der Waals surface area contributed by atoms with Gasteiger partial charge in [-0.1, -0.05) is 45.9 Å². The van der Waals surface area contributed by atoms with Gasteiger partial charge in [-0.05, 0) is 61.2 Å². The van der Waals surface area contributed by atoms with Gasteiger partial charge in [0.25, 0.3) is 0 Å². The standard InChI is InChI=1S/C32H34F4N3O3.C2H6/c1-31(2,27-8-6-7-15-37-27)32(3,4)42-28-12-10-23(20-38-28)24(18-21-13-16-39(5)17-14-21)22-9-11-25(40-29(33)34)26(19-22)41-30(35)36;1-2/h6-17,19-20,24,29-30H,18H2,1-5H3;1-2H3/q+1;. The first-order chi connectivity index (χ1) is 20.9. The molecule has 0 amide bonds. The SMILES string of the molecule is CC.C[n+]1ccc(CC(c2ccc(OC(C)(C)C(C)(C)c3ccccn3)nc2)c2ccc(OC(F)F)c(OC(F)F)c2)cc1. The molecule has 0 N–H and O–H groups in total. The summed E-state index contributed by atoms with van der Waals surface area (Å²) in [4.78, 5) is 9.09. The van der Waals surface area contributed by atoms with Crippen LogP contribution in [0.4, 0.5) is 17.6 Å². The zero-order valence-electron chi connectivity index (χ0n) is 26.1. The highest BCUT2D eigenvalue weighted by Gasteiger charge is 2.42. The van der Waals surface area contributed by atoms with E-state index in [1.54, 1.807) is 24.5 Å². The number of alkyl halides is 4. The molecule has 0 aliphatic carbocycles. The molecule has 4 rings (SSSR count). The van der Waals surface area contributed by atoms with E-state index < -0.39 is 35.7 Å². The van der Waals surface area contributed by atoms with E-state index in [2.05, 4.69) is 33.3 Å². The maximum atomic E-state index is 13.2. The molecule has 0 saturated heterocycles. The number of aromatic nitrogens is 3. The van der Waals surface area contributed by atoms with E-state index in [0.717, 1.165) is 16.8 Å². The van der Waals surface area contributed by atoms with Gasteiger partial charge in [0, 0.05) is 47.6 Å². The summed E-state index contributed by atoms with van der Waals surface area (Å²) < 4.78 is 69.4. The fourth-order valence-corrected chi connectivity index (χ4v) is 4.54. The van der Waals surface area contributed by atoms with E-state index in [4.69, 9.17) is 4.74 Å². The number of rotatable bonds is 12. The molecule has 1 aromatic carbocycles. The van der Waals surface area contributed by atoms with Crippen molar-refractivity contribution in [3.63, 3.8) is 0 Å². The summed E-state index contributed by atoms with van der Waals surface area (Å²) in [6, 6.07) is 17.4. The van der Waals surface area contributed by atoms with Crippen LogP contribution in [0.15, 0.2) is 85.5 Å². The van der Waals surface area contributed by atoms with E-state index in [9.17, 15) is 17.6 Å². The Morgan fingerprint density at radius 2 is 1.41 bits per heavy atom. The first kappa shape index (κ1) is 34.3. The molecule has 0 bridgehead atoms. The molecule has 0 aliphatic rings. The molecule has 0 fully saturated rings. The fourth-order valence-electron chi connectivity index (χ4n) is 4.54. The van der Waals surface area contributed by atoms with Crippen molar-refractivity contribution < 1.29 is 36.3 Å². The normalized spacial score (nSPS) is 12.4. The molecule has 0 radical (unpaired) electrons. The monoisotopic (exact) mass is 614 g/mol. The topological polar surface area (TPSA) is 57.4 Å². The molecule has 236 valence electrons. The van der Waals surface area contributed by atoms with Crippen molar-refractivity contribution in [1.29, 1.82) is 0 Å². The lowest BCUT2D eigenvalue weighted by Crippen LogP contribution is -2.48. The van der Waals surface area contributed by atoms with Crippen molar-refractivity contribution in [2.24, 2.45) is 7.05 Å². The van der Waals surface area contributed by atoms with Crippen molar-refractivity contribution in [3.05, 3.63) is 108 Å². The van der Waals surface area contributed by atoms with Gasteiger partial charge < -0.3 is 14.2 Å². The molecular weight excluding hydrogens is 574 g/mol. The second-order valence-corrected chi connectivity index (χ2v) is 11.0. The number of halogens is 4. The van der Waals surface area contributed by atoms with Gasteiger partial charge in [-0.3, -0.25) is 4.98 Å². The van der Waals surface area contributed by atoms with Crippen LogP contribution in [-0.2, 0) is 18.9 Å². The van der Waals surface area contributed by atoms with Gasteiger partial charge in [-0.15, -0.1) is 0 Å². The molecule has 0 saturated carbocycles. The second-order valence-electron chi connectivity index (χ2n) is 11.0. The van der Waals surface area contributed by atoms with Gasteiger partial charge in [0.2, 0.25) is 5.88 Å². The lowest BCUT2D eigenvalue weighted by atomic mass is 9.74. The third-order valence-corrected chi connectivity index (χ3v) is 7.62. The first-order valence-corrected chi connectivity index (χ1v) is 14.4. The van der Waals surface area contributed by atoms with Crippen LogP contribution in [0, 0.1) is 0 Å². The lowest BCUT2D eigenvalue weighted by Gasteiger charge is -2.40. The van der Waals surface area contributed by atoms with E-state index in [1.807, 2.05) is 88.1 Å². The van der Waals surface area contributed by atoms with Crippen LogP contribution in [0.2, 0.25) is 0 Å². The number of ether oxygens (including phenoxy) is 3. The van der Waals surface area contributed by atoms with Crippen molar-refractivity contribution in [1.82, 2.24) is 9.97 Å². The number of hydrogen-bond donors (Lipinski definition) is 0. The van der Waals surface area contributed by atoms with Gasteiger partial charge in [-0.25, -0.2) is 9.55 Å².